The Morgan fingerprint density at radius 3 is 2.77 bits per heavy atom. The highest BCUT2D eigenvalue weighted by Crippen LogP contribution is 2.31. The molecule has 1 fully saturated rings. The van der Waals surface area contributed by atoms with Crippen LogP contribution in [0.15, 0.2) is 6.07 Å². The van der Waals surface area contributed by atoms with Crippen molar-refractivity contribution in [2.45, 2.75) is 25.2 Å². The quantitative estimate of drug-likeness (QED) is 0.864. The van der Waals surface area contributed by atoms with E-state index in [4.69, 9.17) is 10.5 Å². The molecule has 2 amide bonds. The number of nitrogen functional groups attached to an aromatic ring is 1. The highest BCUT2D eigenvalue weighted by Gasteiger charge is 2.48. The molecule has 1 saturated heterocycles. The van der Waals surface area contributed by atoms with Crippen molar-refractivity contribution < 1.29 is 22.7 Å². The predicted molar refractivity (Wildman–Crippen MR) is 70.9 cm³/mol. The molecule has 0 aromatic carbocycles. The molecule has 22 heavy (non-hydrogen) atoms. The van der Waals surface area contributed by atoms with Gasteiger partial charge in [0.2, 0.25) is 0 Å². The van der Waals surface area contributed by atoms with Gasteiger partial charge in [-0.2, -0.15) is 18.3 Å². The molecule has 1 aromatic rings. The normalized spacial score (nSPS) is 20.1. The average molecular weight is 319 g/mol. The second-order valence-electron chi connectivity index (χ2n) is 4.98. The molecule has 2 heterocycles. The SMILES string of the molecule is COC[C@H](c1cc(N)nnc1C)N1C[C@@H](C(F)(F)F)NC1=O. The van der Waals surface area contributed by atoms with Crippen LogP contribution in [-0.4, -0.2) is 53.6 Å². The number of carbonyl (C=O) groups excluding carboxylic acids is 1. The Hall–Kier alpha value is -2.10. The van der Waals surface area contributed by atoms with Crippen LogP contribution in [0, 0.1) is 6.92 Å². The van der Waals surface area contributed by atoms with Crippen LogP contribution in [0.3, 0.4) is 0 Å². The topological polar surface area (TPSA) is 93.4 Å². The van der Waals surface area contributed by atoms with Crippen LogP contribution >= 0.6 is 0 Å². The largest absolute Gasteiger partial charge is 0.410 e. The van der Waals surface area contributed by atoms with Gasteiger partial charge >= 0.3 is 12.2 Å². The van der Waals surface area contributed by atoms with Crippen LogP contribution in [0.4, 0.5) is 23.8 Å². The van der Waals surface area contributed by atoms with E-state index in [0.29, 0.717) is 11.3 Å². The zero-order chi connectivity index (χ0) is 16.5. The number of nitrogens with two attached hydrogens (primary N) is 1. The van der Waals surface area contributed by atoms with Crippen molar-refractivity contribution in [3.63, 3.8) is 0 Å². The lowest BCUT2D eigenvalue weighted by molar-refractivity contribution is -0.150. The van der Waals surface area contributed by atoms with Gasteiger partial charge in [0, 0.05) is 12.7 Å². The fraction of sp³-hybridized carbons (Fsp3) is 0.583. The Balaban J connectivity index is 2.32. The number of nitrogens with one attached hydrogen (secondary N) is 1. The molecule has 3 N–H and O–H groups in total. The van der Waals surface area contributed by atoms with Gasteiger partial charge in [-0.25, -0.2) is 4.79 Å². The van der Waals surface area contributed by atoms with Crippen LogP contribution in [0.25, 0.3) is 0 Å². The van der Waals surface area contributed by atoms with E-state index in [0.717, 1.165) is 4.90 Å². The summed E-state index contributed by atoms with van der Waals surface area (Å²) < 4.78 is 43.4. The molecule has 122 valence electrons. The summed E-state index contributed by atoms with van der Waals surface area (Å²) in [6, 6.07) is -1.96. The molecule has 1 aliphatic rings. The van der Waals surface area contributed by atoms with Crippen molar-refractivity contribution in [1.29, 1.82) is 0 Å². The molecule has 1 aliphatic heterocycles. The van der Waals surface area contributed by atoms with Gasteiger partial charge in [0.05, 0.1) is 24.9 Å². The van der Waals surface area contributed by atoms with Gasteiger partial charge in [-0.3, -0.25) is 0 Å². The first-order valence-corrected chi connectivity index (χ1v) is 6.46. The number of ether oxygens (including phenoxy) is 1. The van der Waals surface area contributed by atoms with E-state index >= 15 is 0 Å². The number of nitrogens with zero attached hydrogens (tertiary/aromatic N) is 3. The van der Waals surface area contributed by atoms with Gasteiger partial charge in [0.1, 0.15) is 11.9 Å². The molecular formula is C12H16F3N5O2. The first-order valence-electron chi connectivity index (χ1n) is 6.46. The molecule has 0 radical (unpaired) electrons. The summed E-state index contributed by atoms with van der Waals surface area (Å²) in [4.78, 5) is 13.0. The van der Waals surface area contributed by atoms with E-state index in [1.807, 2.05) is 5.32 Å². The Morgan fingerprint density at radius 2 is 2.23 bits per heavy atom. The minimum Gasteiger partial charge on any atom is -0.382 e. The van der Waals surface area contributed by atoms with E-state index in [2.05, 4.69) is 10.2 Å². The Labute approximate surface area is 124 Å². The second-order valence-corrected chi connectivity index (χ2v) is 4.98. The number of alkyl halides is 3. The molecule has 1 aromatic heterocycles. The molecule has 0 saturated carbocycles. The van der Waals surface area contributed by atoms with Crippen molar-refractivity contribution >= 4 is 11.8 Å². The maximum Gasteiger partial charge on any atom is 0.410 e. The van der Waals surface area contributed by atoms with Gasteiger partial charge in [-0.1, -0.05) is 0 Å². The van der Waals surface area contributed by atoms with Gasteiger partial charge in [0.25, 0.3) is 0 Å². The van der Waals surface area contributed by atoms with E-state index in [9.17, 15) is 18.0 Å². The van der Waals surface area contributed by atoms with Crippen LogP contribution in [0.2, 0.25) is 0 Å². The number of amides is 2. The Kier molecular flexibility index (Phi) is 4.40. The Bertz CT molecular complexity index is 566. The second kappa shape index (κ2) is 5.95. The number of rotatable bonds is 4. The summed E-state index contributed by atoms with van der Waals surface area (Å²) in [5.41, 5.74) is 6.56. The third-order valence-electron chi connectivity index (χ3n) is 3.43. The third-order valence-corrected chi connectivity index (χ3v) is 3.43. The van der Waals surface area contributed by atoms with Crippen molar-refractivity contribution in [2.75, 3.05) is 26.0 Å². The molecule has 0 bridgehead atoms. The predicted octanol–water partition coefficient (Wildman–Crippen LogP) is 1.01. The number of hydrogen-bond acceptors (Lipinski definition) is 5. The zero-order valence-corrected chi connectivity index (χ0v) is 12.0. The van der Waals surface area contributed by atoms with E-state index in [1.54, 1.807) is 6.92 Å². The van der Waals surface area contributed by atoms with Crippen LogP contribution < -0.4 is 11.1 Å². The number of halogens is 3. The molecule has 0 spiro atoms. The molecule has 2 rings (SSSR count). The number of carbonyl (C=O) groups is 1. The van der Waals surface area contributed by atoms with E-state index in [-0.39, 0.29) is 12.4 Å². The van der Waals surface area contributed by atoms with Gasteiger partial charge in [0.15, 0.2) is 0 Å². The van der Waals surface area contributed by atoms with Crippen molar-refractivity contribution in [1.82, 2.24) is 20.4 Å². The summed E-state index contributed by atoms with van der Waals surface area (Å²) in [6.45, 7) is 1.15. The maximum atomic E-state index is 12.8. The minimum absolute atomic E-state index is 0.0178. The molecule has 0 unspecified atom stereocenters. The van der Waals surface area contributed by atoms with E-state index < -0.39 is 30.8 Å². The molecule has 0 aliphatic carbocycles. The first kappa shape index (κ1) is 16.3. The third kappa shape index (κ3) is 3.21. The number of urea groups is 1. The highest BCUT2D eigenvalue weighted by atomic mass is 19.4. The summed E-state index contributed by atoms with van der Waals surface area (Å²) in [5, 5.41) is 9.43. The molecule has 2 atom stereocenters. The smallest absolute Gasteiger partial charge is 0.382 e. The fourth-order valence-corrected chi connectivity index (χ4v) is 2.34. The molecule has 10 heteroatoms. The standard InChI is InChI=1S/C12H16F3N5O2/c1-6-7(3-10(16)19-18-6)8(5-22-2)20-4-9(12(13,14)15)17-11(20)21/h3,8-9H,4-5H2,1-2H3,(H2,16,19)(H,17,21)/t8-,9+/m1/s1. The highest BCUT2D eigenvalue weighted by molar-refractivity contribution is 5.77. The van der Waals surface area contributed by atoms with Crippen LogP contribution in [0.5, 0.6) is 0 Å². The lowest BCUT2D eigenvalue weighted by Crippen LogP contribution is -2.40. The van der Waals surface area contributed by atoms with E-state index in [1.165, 1.54) is 13.2 Å². The zero-order valence-electron chi connectivity index (χ0n) is 12.0. The molecular weight excluding hydrogens is 303 g/mol. The lowest BCUT2D eigenvalue weighted by atomic mass is 10.1. The number of hydrogen-bond donors (Lipinski definition) is 2. The van der Waals surface area contributed by atoms with Crippen molar-refractivity contribution in [2.24, 2.45) is 0 Å². The number of anilines is 1. The Morgan fingerprint density at radius 1 is 1.55 bits per heavy atom. The fourth-order valence-electron chi connectivity index (χ4n) is 2.34. The summed E-state index contributed by atoms with van der Waals surface area (Å²) in [5.74, 6) is 0.119. The number of aryl methyl sites for hydroxylation is 1. The van der Waals surface area contributed by atoms with Gasteiger partial charge in [-0.05, 0) is 13.0 Å². The van der Waals surface area contributed by atoms with Crippen molar-refractivity contribution in [3.05, 3.63) is 17.3 Å². The summed E-state index contributed by atoms with van der Waals surface area (Å²) >= 11 is 0. The lowest BCUT2D eigenvalue weighted by Gasteiger charge is -2.27. The van der Waals surface area contributed by atoms with Crippen LogP contribution in [0.1, 0.15) is 17.3 Å². The monoisotopic (exact) mass is 319 g/mol. The number of methoxy groups -OCH3 is 1. The first-order chi connectivity index (χ1) is 10.2. The summed E-state index contributed by atoms with van der Waals surface area (Å²) in [7, 11) is 1.40. The van der Waals surface area contributed by atoms with Crippen molar-refractivity contribution in [3.8, 4) is 0 Å². The summed E-state index contributed by atoms with van der Waals surface area (Å²) in [6.07, 6.45) is -4.51. The van der Waals surface area contributed by atoms with Crippen LogP contribution in [-0.2, 0) is 4.74 Å². The average Bonchev–Trinajstić information content (AvgIpc) is 2.81. The molecule has 7 nitrogen and oxygen atoms in total. The minimum atomic E-state index is -4.51. The van der Waals surface area contributed by atoms with Gasteiger partial charge in [-0.15, -0.1) is 5.10 Å². The maximum absolute atomic E-state index is 12.8. The van der Waals surface area contributed by atoms with Gasteiger partial charge < -0.3 is 20.7 Å². The number of aromatic nitrogens is 2.